The van der Waals surface area contributed by atoms with E-state index in [-0.39, 0.29) is 16.9 Å². The van der Waals surface area contributed by atoms with Crippen LogP contribution in [0.5, 0.6) is 0 Å². The maximum atomic E-state index is 14.5. The van der Waals surface area contributed by atoms with Crippen LogP contribution in [0.4, 0.5) is 10.1 Å². The van der Waals surface area contributed by atoms with Gasteiger partial charge in [-0.25, -0.2) is 9.37 Å². The lowest BCUT2D eigenvalue weighted by Gasteiger charge is -2.18. The van der Waals surface area contributed by atoms with E-state index in [9.17, 15) is 19.1 Å². The predicted octanol–water partition coefficient (Wildman–Crippen LogP) is 4.08. The van der Waals surface area contributed by atoms with Crippen molar-refractivity contribution >= 4 is 34.7 Å². The van der Waals surface area contributed by atoms with Crippen molar-refractivity contribution < 1.29 is 19.1 Å². The van der Waals surface area contributed by atoms with E-state index in [0.29, 0.717) is 17.1 Å². The summed E-state index contributed by atoms with van der Waals surface area (Å²) in [7, 11) is 0. The second-order valence-corrected chi connectivity index (χ2v) is 8.73. The molecule has 2 aromatic heterocycles. The van der Waals surface area contributed by atoms with Gasteiger partial charge in [0.25, 0.3) is 11.8 Å². The van der Waals surface area contributed by atoms with Gasteiger partial charge in [0.2, 0.25) is 0 Å². The molecule has 172 valence electrons. The Morgan fingerprint density at radius 2 is 1.97 bits per heavy atom. The van der Waals surface area contributed by atoms with E-state index in [2.05, 4.69) is 15.6 Å². The molecule has 0 fully saturated rings. The molecule has 7 nitrogen and oxygen atoms in total. The summed E-state index contributed by atoms with van der Waals surface area (Å²) in [5, 5.41) is 16.3. The van der Waals surface area contributed by atoms with Crippen LogP contribution < -0.4 is 10.6 Å². The first-order chi connectivity index (χ1) is 16.3. The number of aryl methyl sites for hydroxylation is 1. The number of benzene rings is 2. The fraction of sp³-hybridized carbons (Fsp3) is 0.160. The number of hydrogen-bond donors (Lipinski definition) is 3. The van der Waals surface area contributed by atoms with Crippen LogP contribution in [0.3, 0.4) is 0 Å². The number of nitrogens with one attached hydrogen (secondary N) is 2. The summed E-state index contributed by atoms with van der Waals surface area (Å²) < 4.78 is 16.1. The van der Waals surface area contributed by atoms with Gasteiger partial charge in [-0.05, 0) is 60.0 Å². The zero-order chi connectivity index (χ0) is 24.0. The van der Waals surface area contributed by atoms with Gasteiger partial charge in [0.15, 0.2) is 0 Å². The van der Waals surface area contributed by atoms with E-state index < -0.39 is 29.8 Å². The Hall–Kier alpha value is -3.75. The summed E-state index contributed by atoms with van der Waals surface area (Å²) >= 11 is 6.08. The number of aliphatic hydroxyl groups excluding tert-OH is 1. The predicted molar refractivity (Wildman–Crippen MR) is 126 cm³/mol. The molecule has 2 unspecified atom stereocenters. The third-order valence-electron chi connectivity index (χ3n) is 5.91. The highest BCUT2D eigenvalue weighted by atomic mass is 35.5. The molecule has 5 rings (SSSR count). The van der Waals surface area contributed by atoms with Gasteiger partial charge in [-0.2, -0.15) is 0 Å². The molecular formula is C25H20ClFN4O3. The number of anilines is 1. The third-order valence-corrected chi connectivity index (χ3v) is 6.14. The number of imidazole rings is 1. The first kappa shape index (κ1) is 22.1. The highest BCUT2D eigenvalue weighted by Crippen LogP contribution is 2.33. The second-order valence-electron chi connectivity index (χ2n) is 8.29. The van der Waals surface area contributed by atoms with Crippen LogP contribution in [-0.4, -0.2) is 32.4 Å². The smallest absolute Gasteiger partial charge is 0.274 e. The molecule has 4 aromatic rings. The normalized spacial score (nSPS) is 16.9. The second kappa shape index (κ2) is 8.55. The average Bonchev–Trinajstić information content (AvgIpc) is 3.35. The molecule has 0 radical (unpaired) electrons. The Balaban J connectivity index is 1.38. The minimum atomic E-state index is -0.810. The molecule has 0 aliphatic heterocycles. The quantitative estimate of drug-likeness (QED) is 0.412. The zero-order valence-corrected chi connectivity index (χ0v) is 18.8. The summed E-state index contributed by atoms with van der Waals surface area (Å²) in [5.74, 6) is -1.77. The van der Waals surface area contributed by atoms with Gasteiger partial charge >= 0.3 is 0 Å². The fourth-order valence-electron chi connectivity index (χ4n) is 4.19. The number of nitrogens with zero attached hydrogens (tertiary/aromatic N) is 2. The van der Waals surface area contributed by atoms with E-state index in [1.807, 2.05) is 19.1 Å². The first-order valence-electron chi connectivity index (χ1n) is 10.6. The van der Waals surface area contributed by atoms with E-state index in [1.54, 1.807) is 28.8 Å². The van der Waals surface area contributed by atoms with Crippen molar-refractivity contribution in [3.8, 4) is 0 Å². The lowest BCUT2D eigenvalue weighted by Crippen LogP contribution is -2.34. The summed E-state index contributed by atoms with van der Waals surface area (Å²) in [6.07, 6.45) is 2.74. The Morgan fingerprint density at radius 3 is 2.79 bits per heavy atom. The molecule has 2 atom stereocenters. The molecule has 0 saturated heterocycles. The van der Waals surface area contributed by atoms with Crippen LogP contribution in [0.15, 0.2) is 60.9 Å². The molecule has 1 aliphatic carbocycles. The van der Waals surface area contributed by atoms with Gasteiger partial charge in [-0.1, -0.05) is 23.7 Å². The van der Waals surface area contributed by atoms with Gasteiger partial charge in [0.1, 0.15) is 17.2 Å². The maximum Gasteiger partial charge on any atom is 0.274 e. The number of amides is 2. The maximum absolute atomic E-state index is 14.5. The van der Waals surface area contributed by atoms with Gasteiger partial charge in [-0.15, -0.1) is 0 Å². The van der Waals surface area contributed by atoms with Crippen molar-refractivity contribution in [1.29, 1.82) is 0 Å². The third kappa shape index (κ3) is 4.02. The van der Waals surface area contributed by atoms with Crippen LogP contribution in [0.1, 0.15) is 43.6 Å². The SMILES string of the molecule is Cc1ccc2ncc(C(=O)Nc3cc(C(=O)NC4c5cc(Cl)ccc5CC4O)ccc3F)n2c1. The average molecular weight is 479 g/mol. The number of fused-ring (bicyclic) bond motifs is 2. The molecule has 1 aliphatic rings. The van der Waals surface area contributed by atoms with Crippen LogP contribution in [0.25, 0.3) is 5.65 Å². The molecule has 2 amide bonds. The van der Waals surface area contributed by atoms with Crippen LogP contribution in [-0.2, 0) is 6.42 Å². The van der Waals surface area contributed by atoms with Crippen LogP contribution in [0, 0.1) is 12.7 Å². The highest BCUT2D eigenvalue weighted by Gasteiger charge is 2.32. The van der Waals surface area contributed by atoms with E-state index >= 15 is 0 Å². The Bertz CT molecular complexity index is 1450. The number of aliphatic hydroxyl groups is 1. The molecule has 2 aromatic carbocycles. The van der Waals surface area contributed by atoms with Crippen molar-refractivity contribution in [1.82, 2.24) is 14.7 Å². The fourth-order valence-corrected chi connectivity index (χ4v) is 4.37. The Kier molecular flexibility index (Phi) is 5.55. The van der Waals surface area contributed by atoms with Crippen molar-refractivity contribution in [2.75, 3.05) is 5.32 Å². The van der Waals surface area contributed by atoms with Gasteiger partial charge in [0, 0.05) is 23.2 Å². The summed E-state index contributed by atoms with van der Waals surface area (Å²) in [5.41, 5.74) is 3.38. The monoisotopic (exact) mass is 478 g/mol. The van der Waals surface area contributed by atoms with Crippen LogP contribution >= 0.6 is 11.6 Å². The van der Waals surface area contributed by atoms with Crippen molar-refractivity contribution in [2.24, 2.45) is 0 Å². The number of rotatable bonds is 4. The molecule has 34 heavy (non-hydrogen) atoms. The minimum Gasteiger partial charge on any atom is -0.390 e. The summed E-state index contributed by atoms with van der Waals surface area (Å²) in [6.45, 7) is 1.89. The number of pyridine rings is 1. The molecule has 0 spiro atoms. The lowest BCUT2D eigenvalue weighted by molar-refractivity contribution is 0.0857. The van der Waals surface area contributed by atoms with Gasteiger partial charge in [0.05, 0.1) is 24.0 Å². The highest BCUT2D eigenvalue weighted by molar-refractivity contribution is 6.30. The van der Waals surface area contributed by atoms with Gasteiger partial charge < -0.3 is 15.7 Å². The van der Waals surface area contributed by atoms with Gasteiger partial charge in [-0.3, -0.25) is 14.0 Å². The largest absolute Gasteiger partial charge is 0.390 e. The Morgan fingerprint density at radius 1 is 1.15 bits per heavy atom. The number of carbonyl (C=O) groups excluding carboxylic acids is 2. The van der Waals surface area contributed by atoms with Crippen molar-refractivity contribution in [2.45, 2.75) is 25.5 Å². The summed E-state index contributed by atoms with van der Waals surface area (Å²) in [4.78, 5) is 30.0. The molecule has 2 heterocycles. The van der Waals surface area contributed by atoms with Crippen LogP contribution in [0.2, 0.25) is 5.02 Å². The van der Waals surface area contributed by atoms with E-state index in [0.717, 1.165) is 22.8 Å². The topological polar surface area (TPSA) is 95.7 Å². The molecule has 0 saturated carbocycles. The number of aromatic nitrogens is 2. The molecule has 3 N–H and O–H groups in total. The van der Waals surface area contributed by atoms with Crippen molar-refractivity contribution in [3.05, 3.63) is 99.7 Å². The minimum absolute atomic E-state index is 0.133. The number of halogens is 2. The lowest BCUT2D eigenvalue weighted by atomic mass is 10.1. The number of hydrogen-bond acceptors (Lipinski definition) is 4. The molecule has 9 heteroatoms. The van der Waals surface area contributed by atoms with E-state index in [1.165, 1.54) is 18.3 Å². The Labute approximate surface area is 199 Å². The number of carbonyl (C=O) groups is 2. The molecule has 0 bridgehead atoms. The standard InChI is InChI=1S/C25H20ClFN4O3/c1-13-2-7-22-28-11-20(31(22)12-13)25(34)29-19-8-15(4-6-18(19)27)24(33)30-23-17-10-16(26)5-3-14(17)9-21(23)32/h2-8,10-12,21,23,32H,9H2,1H3,(H,29,34)(H,30,33). The first-order valence-corrected chi connectivity index (χ1v) is 11.0. The zero-order valence-electron chi connectivity index (χ0n) is 18.0. The van der Waals surface area contributed by atoms with Crippen molar-refractivity contribution in [3.63, 3.8) is 0 Å². The summed E-state index contributed by atoms with van der Waals surface area (Å²) in [6, 6.07) is 12.0. The molecular weight excluding hydrogens is 459 g/mol. The van der Waals surface area contributed by atoms with E-state index in [4.69, 9.17) is 11.6 Å².